The molecule has 7 heteroatoms. The summed E-state index contributed by atoms with van der Waals surface area (Å²) in [7, 11) is -3.19. The third-order valence-corrected chi connectivity index (χ3v) is 6.13. The van der Waals surface area contributed by atoms with Gasteiger partial charge in [0, 0.05) is 31.3 Å². The molecule has 6 nitrogen and oxygen atoms in total. The van der Waals surface area contributed by atoms with Gasteiger partial charge in [-0.15, -0.1) is 0 Å². The molecule has 2 bridgehead atoms. The second-order valence-corrected chi connectivity index (χ2v) is 8.89. The van der Waals surface area contributed by atoms with E-state index in [1.807, 2.05) is 0 Å². The molecule has 25 heavy (non-hydrogen) atoms. The van der Waals surface area contributed by atoms with Gasteiger partial charge in [0.1, 0.15) is 5.75 Å². The number of amides is 1. The second-order valence-electron chi connectivity index (χ2n) is 6.87. The maximum Gasteiger partial charge on any atom is 0.223 e. The number of nitrogens with one attached hydrogen (secondary N) is 1. The third kappa shape index (κ3) is 4.52. The lowest BCUT2D eigenvalue weighted by Crippen LogP contribution is -2.42. The van der Waals surface area contributed by atoms with Crippen LogP contribution >= 0.6 is 0 Å². The van der Waals surface area contributed by atoms with Crippen LogP contribution in [-0.2, 0) is 14.6 Å². The normalized spacial score (nSPS) is 23.3. The molecule has 0 saturated carbocycles. The quantitative estimate of drug-likeness (QED) is 0.774. The van der Waals surface area contributed by atoms with Crippen molar-refractivity contribution in [3.8, 4) is 5.75 Å². The number of nitrogens with zero attached hydrogens (tertiary/aromatic N) is 1. The maximum atomic E-state index is 12.6. The Hall–Kier alpha value is -1.60. The van der Waals surface area contributed by atoms with Crippen LogP contribution in [0.2, 0.25) is 0 Å². The van der Waals surface area contributed by atoms with Crippen LogP contribution < -0.4 is 10.1 Å². The molecule has 0 spiro atoms. The van der Waals surface area contributed by atoms with Gasteiger partial charge in [-0.2, -0.15) is 0 Å². The van der Waals surface area contributed by atoms with Crippen molar-refractivity contribution in [3.05, 3.63) is 24.3 Å². The van der Waals surface area contributed by atoms with E-state index in [0.29, 0.717) is 37.3 Å². The van der Waals surface area contributed by atoms with Gasteiger partial charge < -0.3 is 15.0 Å². The molecule has 2 fully saturated rings. The van der Waals surface area contributed by atoms with Crippen molar-refractivity contribution in [2.24, 2.45) is 0 Å². The number of carbonyl (C=O) groups excluding carboxylic acids is 1. The van der Waals surface area contributed by atoms with Crippen LogP contribution in [0.3, 0.4) is 0 Å². The number of hydrogen-bond donors (Lipinski definition) is 1. The van der Waals surface area contributed by atoms with E-state index >= 15 is 0 Å². The third-order valence-electron chi connectivity index (χ3n) is 5.00. The minimum absolute atomic E-state index is 0.229. The van der Waals surface area contributed by atoms with Gasteiger partial charge in [0.25, 0.3) is 0 Å². The number of rotatable bonds is 6. The highest BCUT2D eigenvalue weighted by Crippen LogP contribution is 2.28. The van der Waals surface area contributed by atoms with E-state index in [-0.39, 0.29) is 10.8 Å². The van der Waals surface area contributed by atoms with Crippen LogP contribution in [0, 0.1) is 0 Å². The van der Waals surface area contributed by atoms with Gasteiger partial charge in [0.15, 0.2) is 9.84 Å². The molecule has 2 atom stereocenters. The van der Waals surface area contributed by atoms with Crippen molar-refractivity contribution < 1.29 is 17.9 Å². The molecule has 2 unspecified atom stereocenters. The van der Waals surface area contributed by atoms with E-state index in [9.17, 15) is 13.2 Å². The van der Waals surface area contributed by atoms with Crippen LogP contribution in [0.4, 0.5) is 0 Å². The smallest absolute Gasteiger partial charge is 0.223 e. The lowest BCUT2D eigenvalue weighted by atomic mass is 10.1. The molecule has 2 saturated heterocycles. The fourth-order valence-electron chi connectivity index (χ4n) is 3.72. The predicted molar refractivity (Wildman–Crippen MR) is 95.4 cm³/mol. The Bertz CT molecular complexity index is 688. The summed E-state index contributed by atoms with van der Waals surface area (Å²) in [4.78, 5) is 14.9. The SMILES string of the molecule is CS(=O)(=O)c1ccc(OCCCC(=O)N2C3CCNCC2CC3)cc1. The molecule has 138 valence electrons. The fraction of sp³-hybridized carbons (Fsp3) is 0.611. The van der Waals surface area contributed by atoms with Gasteiger partial charge in [-0.3, -0.25) is 4.79 Å². The lowest BCUT2D eigenvalue weighted by Gasteiger charge is -2.28. The first-order valence-corrected chi connectivity index (χ1v) is 10.8. The van der Waals surface area contributed by atoms with Crippen molar-refractivity contribution in [2.75, 3.05) is 26.0 Å². The molecule has 0 aliphatic carbocycles. The number of hydrogen-bond acceptors (Lipinski definition) is 5. The topological polar surface area (TPSA) is 75.7 Å². The summed E-state index contributed by atoms with van der Waals surface area (Å²) in [6, 6.07) is 7.13. The Morgan fingerprint density at radius 2 is 1.92 bits per heavy atom. The molecule has 0 aromatic heterocycles. The monoisotopic (exact) mass is 366 g/mol. The molecule has 0 radical (unpaired) electrons. The maximum absolute atomic E-state index is 12.6. The van der Waals surface area contributed by atoms with Gasteiger partial charge in [0.05, 0.1) is 11.5 Å². The zero-order valence-electron chi connectivity index (χ0n) is 14.6. The standard InChI is InChI=1S/C18H26N2O4S/c1-25(22,23)17-8-6-16(7-9-17)24-12-2-3-18(21)20-14-4-5-15(20)13-19-11-10-14/h6-9,14-15,19H,2-5,10-13H2,1H3. The summed E-state index contributed by atoms with van der Waals surface area (Å²) in [5, 5.41) is 3.41. The molecule has 1 aromatic rings. The minimum Gasteiger partial charge on any atom is -0.494 e. The number of carbonyl (C=O) groups is 1. The van der Waals surface area contributed by atoms with Crippen LogP contribution in [-0.4, -0.2) is 57.3 Å². The highest BCUT2D eigenvalue weighted by Gasteiger charge is 2.37. The summed E-state index contributed by atoms with van der Waals surface area (Å²) in [6.45, 7) is 2.36. The summed E-state index contributed by atoms with van der Waals surface area (Å²) in [6.07, 6.45) is 5.61. The molecular weight excluding hydrogens is 340 g/mol. The average molecular weight is 366 g/mol. The molecule has 1 amide bonds. The molecule has 2 aliphatic rings. The van der Waals surface area contributed by atoms with E-state index < -0.39 is 9.84 Å². The number of fused-ring (bicyclic) bond motifs is 2. The zero-order valence-corrected chi connectivity index (χ0v) is 15.4. The summed E-state index contributed by atoms with van der Waals surface area (Å²) in [5.74, 6) is 0.853. The lowest BCUT2D eigenvalue weighted by molar-refractivity contribution is -0.134. The van der Waals surface area contributed by atoms with Gasteiger partial charge in [-0.1, -0.05) is 0 Å². The van der Waals surface area contributed by atoms with Crippen molar-refractivity contribution in [3.63, 3.8) is 0 Å². The number of sulfone groups is 1. The molecule has 2 aliphatic heterocycles. The molecule has 2 heterocycles. The fourth-order valence-corrected chi connectivity index (χ4v) is 4.35. The van der Waals surface area contributed by atoms with Crippen LogP contribution in [0.5, 0.6) is 5.75 Å². The van der Waals surface area contributed by atoms with Crippen molar-refractivity contribution in [2.45, 2.75) is 49.1 Å². The van der Waals surface area contributed by atoms with Crippen molar-refractivity contribution in [1.29, 1.82) is 0 Å². The molecule has 1 aromatic carbocycles. The average Bonchev–Trinajstić information content (AvgIpc) is 2.84. The summed E-state index contributed by atoms with van der Waals surface area (Å²) < 4.78 is 28.5. The van der Waals surface area contributed by atoms with E-state index in [1.54, 1.807) is 12.1 Å². The Morgan fingerprint density at radius 1 is 1.20 bits per heavy atom. The van der Waals surface area contributed by atoms with E-state index in [4.69, 9.17) is 4.74 Å². The first-order valence-electron chi connectivity index (χ1n) is 8.90. The van der Waals surface area contributed by atoms with Gasteiger partial charge >= 0.3 is 0 Å². The van der Waals surface area contributed by atoms with E-state index in [2.05, 4.69) is 10.2 Å². The highest BCUT2D eigenvalue weighted by molar-refractivity contribution is 7.90. The zero-order chi connectivity index (χ0) is 17.9. The summed E-state index contributed by atoms with van der Waals surface area (Å²) >= 11 is 0. The first kappa shape index (κ1) is 18.2. The van der Waals surface area contributed by atoms with Crippen LogP contribution in [0.25, 0.3) is 0 Å². The Morgan fingerprint density at radius 3 is 2.64 bits per heavy atom. The number of benzene rings is 1. The van der Waals surface area contributed by atoms with Gasteiger partial charge in [-0.25, -0.2) is 8.42 Å². The van der Waals surface area contributed by atoms with E-state index in [0.717, 1.165) is 32.4 Å². The second kappa shape index (κ2) is 7.74. The number of ether oxygens (including phenoxy) is 1. The van der Waals surface area contributed by atoms with Crippen LogP contribution in [0.15, 0.2) is 29.2 Å². The first-order chi connectivity index (χ1) is 11.9. The Kier molecular flexibility index (Phi) is 5.64. The Balaban J connectivity index is 1.44. The Labute approximate surface area is 149 Å². The minimum atomic E-state index is -3.19. The van der Waals surface area contributed by atoms with Gasteiger partial charge in [-0.05, 0) is 56.5 Å². The van der Waals surface area contributed by atoms with E-state index in [1.165, 1.54) is 18.4 Å². The molecule has 1 N–H and O–H groups in total. The summed E-state index contributed by atoms with van der Waals surface area (Å²) in [5.41, 5.74) is 0. The predicted octanol–water partition coefficient (Wildman–Crippen LogP) is 1.60. The van der Waals surface area contributed by atoms with Crippen molar-refractivity contribution in [1.82, 2.24) is 10.2 Å². The highest BCUT2D eigenvalue weighted by atomic mass is 32.2. The van der Waals surface area contributed by atoms with Crippen molar-refractivity contribution >= 4 is 15.7 Å². The van der Waals surface area contributed by atoms with Gasteiger partial charge in [0.2, 0.25) is 5.91 Å². The molecular formula is C18H26N2O4S. The molecule has 3 rings (SSSR count). The largest absolute Gasteiger partial charge is 0.494 e. The van der Waals surface area contributed by atoms with Crippen LogP contribution in [0.1, 0.15) is 32.1 Å².